The number of nitrogens with zero attached hydrogens (tertiary/aromatic N) is 3. The molecule has 0 fully saturated rings. The first-order chi connectivity index (χ1) is 11.4. The number of benzene rings is 1. The first-order valence-corrected chi connectivity index (χ1v) is 7.46. The van der Waals surface area contributed by atoms with Crippen molar-refractivity contribution >= 4 is 46.4 Å². The molecule has 0 radical (unpaired) electrons. The topological polar surface area (TPSA) is 72.0 Å². The van der Waals surface area contributed by atoms with E-state index in [1.54, 1.807) is 0 Å². The van der Waals surface area contributed by atoms with Gasteiger partial charge in [0.2, 0.25) is 0 Å². The Kier molecular flexibility index (Phi) is 6.82. The van der Waals surface area contributed by atoms with Crippen molar-refractivity contribution in [2.24, 2.45) is 5.10 Å². The Labute approximate surface area is 151 Å². The van der Waals surface area contributed by atoms with E-state index < -0.39 is 50.0 Å². The molecule has 1 aromatic carbocycles. The van der Waals surface area contributed by atoms with Crippen LogP contribution in [0, 0.1) is 22.7 Å². The molecule has 0 heterocycles. The van der Waals surface area contributed by atoms with Crippen LogP contribution in [0.3, 0.4) is 0 Å². The van der Waals surface area contributed by atoms with Crippen molar-refractivity contribution < 1.29 is 26.3 Å². The van der Waals surface area contributed by atoms with E-state index in [1.165, 1.54) is 12.1 Å². The van der Waals surface area contributed by atoms with Crippen molar-refractivity contribution in [3.63, 3.8) is 0 Å². The maximum absolute atomic E-state index is 12.6. The van der Waals surface area contributed by atoms with E-state index in [-0.39, 0.29) is 5.69 Å². The van der Waals surface area contributed by atoms with Gasteiger partial charge in [-0.2, -0.15) is 42.0 Å². The van der Waals surface area contributed by atoms with E-state index in [2.05, 4.69) is 5.10 Å². The van der Waals surface area contributed by atoms with E-state index in [1.807, 2.05) is 5.43 Å². The summed E-state index contributed by atoms with van der Waals surface area (Å²) >= 11 is 10.5. The third-order valence-electron chi connectivity index (χ3n) is 2.39. The lowest BCUT2D eigenvalue weighted by Crippen LogP contribution is -2.20. The number of nitriles is 2. The third kappa shape index (κ3) is 6.20. The van der Waals surface area contributed by atoms with Gasteiger partial charge in [0.05, 0.1) is 27.4 Å². The molecule has 1 rings (SSSR count). The van der Waals surface area contributed by atoms with Gasteiger partial charge in [-0.1, -0.05) is 23.2 Å². The number of anilines is 1. The lowest BCUT2D eigenvalue weighted by atomic mass is 10.2. The van der Waals surface area contributed by atoms with Gasteiger partial charge in [0.1, 0.15) is 6.07 Å². The summed E-state index contributed by atoms with van der Waals surface area (Å²) in [5.74, 6) is 0. The SMILES string of the molecule is N#CC(=NNc1c(Cl)cc(C(F)(F)F)cc1Cl)C(C#N)SC(F)(F)F. The predicted octanol–water partition coefficient (Wildman–Crippen LogP) is 5.45. The smallest absolute Gasteiger partial charge is 0.274 e. The second kappa shape index (κ2) is 8.04. The fraction of sp³-hybridized carbons (Fsp3) is 0.250. The van der Waals surface area contributed by atoms with Crippen LogP contribution in [0.2, 0.25) is 10.0 Å². The minimum absolute atomic E-state index is 0.363. The molecule has 0 amide bonds. The number of hydrogen-bond donors (Lipinski definition) is 1. The summed E-state index contributed by atoms with van der Waals surface area (Å²) in [5, 5.41) is 17.8. The number of alkyl halides is 6. The highest BCUT2D eigenvalue weighted by Crippen LogP contribution is 2.39. The number of rotatable bonds is 4. The minimum atomic E-state index is -4.80. The third-order valence-corrected chi connectivity index (χ3v) is 3.82. The standard InChI is InChI=1S/C12H4Cl2F6N4S/c13-6-1-5(11(15,16)17)2-7(14)10(6)24-23-8(3-21)9(4-22)25-12(18,19)20/h1-2,9,24H. The van der Waals surface area contributed by atoms with E-state index in [4.69, 9.17) is 33.7 Å². The summed E-state index contributed by atoms with van der Waals surface area (Å²) in [6.07, 6.45) is -4.72. The second-order valence-electron chi connectivity index (χ2n) is 4.11. The Morgan fingerprint density at radius 3 is 2.00 bits per heavy atom. The zero-order valence-electron chi connectivity index (χ0n) is 11.5. The first-order valence-electron chi connectivity index (χ1n) is 5.83. The fourth-order valence-electron chi connectivity index (χ4n) is 1.38. The summed E-state index contributed by atoms with van der Waals surface area (Å²) in [4.78, 5) is 0. The van der Waals surface area contributed by atoms with Crippen molar-refractivity contribution in [3.05, 3.63) is 27.7 Å². The summed E-state index contributed by atoms with van der Waals surface area (Å²) in [6.45, 7) is 0. The molecule has 0 aromatic heterocycles. The molecule has 1 aromatic rings. The van der Waals surface area contributed by atoms with Gasteiger partial charge in [0, 0.05) is 0 Å². The highest BCUT2D eigenvalue weighted by atomic mass is 35.5. The van der Waals surface area contributed by atoms with E-state index >= 15 is 0 Å². The van der Waals surface area contributed by atoms with Crippen LogP contribution in [0.5, 0.6) is 0 Å². The van der Waals surface area contributed by atoms with Gasteiger partial charge in [0.25, 0.3) is 0 Å². The lowest BCUT2D eigenvalue weighted by Gasteiger charge is -2.13. The molecule has 4 nitrogen and oxygen atoms in total. The normalized spacial score (nSPS) is 13.8. The average Bonchev–Trinajstić information content (AvgIpc) is 2.46. The van der Waals surface area contributed by atoms with Crippen molar-refractivity contribution in [2.75, 3.05) is 5.43 Å². The number of hydrogen-bond acceptors (Lipinski definition) is 5. The zero-order chi connectivity index (χ0) is 19.4. The van der Waals surface area contributed by atoms with E-state index in [0.717, 1.165) is 0 Å². The summed E-state index contributed by atoms with van der Waals surface area (Å²) < 4.78 is 74.8. The van der Waals surface area contributed by atoms with Crippen LogP contribution in [-0.4, -0.2) is 16.5 Å². The van der Waals surface area contributed by atoms with Crippen molar-refractivity contribution in [1.29, 1.82) is 10.5 Å². The Balaban J connectivity index is 3.15. The molecule has 1 N–H and O–H groups in total. The number of halogens is 8. The van der Waals surface area contributed by atoms with Crippen LogP contribution < -0.4 is 5.43 Å². The molecule has 0 saturated carbocycles. The van der Waals surface area contributed by atoms with Crippen molar-refractivity contribution in [1.82, 2.24) is 0 Å². The van der Waals surface area contributed by atoms with Crippen molar-refractivity contribution in [3.8, 4) is 12.1 Å². The molecule has 13 heteroatoms. The molecule has 25 heavy (non-hydrogen) atoms. The van der Waals surface area contributed by atoms with Gasteiger partial charge in [-0.15, -0.1) is 0 Å². The van der Waals surface area contributed by atoms with Gasteiger partial charge in [-0.25, -0.2) is 0 Å². The van der Waals surface area contributed by atoms with Gasteiger partial charge in [0.15, 0.2) is 11.0 Å². The minimum Gasteiger partial charge on any atom is -0.274 e. The highest BCUT2D eigenvalue weighted by molar-refractivity contribution is 8.01. The van der Waals surface area contributed by atoms with Crippen LogP contribution in [0.1, 0.15) is 5.56 Å². The Hall–Kier alpha value is -1.82. The molecule has 0 aliphatic carbocycles. The molecule has 0 saturated heterocycles. The zero-order valence-corrected chi connectivity index (χ0v) is 13.8. The van der Waals surface area contributed by atoms with Crippen LogP contribution in [-0.2, 0) is 6.18 Å². The number of thioether (sulfide) groups is 1. The quantitative estimate of drug-likeness (QED) is 0.399. The largest absolute Gasteiger partial charge is 0.443 e. The Bertz CT molecular complexity index is 740. The molecular weight excluding hydrogens is 417 g/mol. The Morgan fingerprint density at radius 2 is 1.64 bits per heavy atom. The number of hydrazone groups is 1. The molecular formula is C12H4Cl2F6N4S. The molecule has 0 bridgehead atoms. The van der Waals surface area contributed by atoms with Gasteiger partial charge < -0.3 is 0 Å². The monoisotopic (exact) mass is 420 g/mol. The van der Waals surface area contributed by atoms with Gasteiger partial charge >= 0.3 is 11.7 Å². The average molecular weight is 421 g/mol. The van der Waals surface area contributed by atoms with E-state index in [9.17, 15) is 26.3 Å². The Morgan fingerprint density at radius 1 is 1.12 bits per heavy atom. The van der Waals surface area contributed by atoms with Crippen LogP contribution in [0.4, 0.5) is 32.0 Å². The molecule has 0 aliphatic rings. The van der Waals surface area contributed by atoms with Crippen LogP contribution in [0.15, 0.2) is 17.2 Å². The van der Waals surface area contributed by atoms with Gasteiger partial charge in [-0.05, 0) is 23.9 Å². The molecule has 0 aliphatic heterocycles. The van der Waals surface area contributed by atoms with Crippen LogP contribution >= 0.6 is 35.0 Å². The molecule has 1 unspecified atom stereocenters. The molecule has 0 spiro atoms. The molecule has 1 atom stereocenters. The summed E-state index contributed by atoms with van der Waals surface area (Å²) in [5.41, 5.74) is -5.17. The predicted molar refractivity (Wildman–Crippen MR) is 81.2 cm³/mol. The van der Waals surface area contributed by atoms with Crippen LogP contribution in [0.25, 0.3) is 0 Å². The van der Waals surface area contributed by atoms with E-state index in [0.29, 0.717) is 12.1 Å². The summed E-state index contributed by atoms with van der Waals surface area (Å²) in [7, 11) is 0. The number of nitrogens with one attached hydrogen (secondary N) is 1. The highest BCUT2D eigenvalue weighted by Gasteiger charge is 2.36. The van der Waals surface area contributed by atoms with Gasteiger partial charge in [-0.3, -0.25) is 5.43 Å². The first kappa shape index (κ1) is 21.2. The maximum atomic E-state index is 12.6. The van der Waals surface area contributed by atoms with Crippen molar-refractivity contribution in [2.45, 2.75) is 16.9 Å². The summed E-state index contributed by atoms with van der Waals surface area (Å²) in [6, 6.07) is 3.57. The second-order valence-corrected chi connectivity index (χ2v) is 6.09. The molecule has 134 valence electrons. The maximum Gasteiger partial charge on any atom is 0.443 e. The fourth-order valence-corrected chi connectivity index (χ4v) is 2.49. The lowest BCUT2D eigenvalue weighted by molar-refractivity contribution is -0.137.